The summed E-state index contributed by atoms with van der Waals surface area (Å²) in [4.78, 5) is 13.7. The molecule has 1 rings (SSSR count). The number of nitrogens with one attached hydrogen (secondary N) is 1. The van der Waals surface area contributed by atoms with Crippen LogP contribution >= 0.6 is 0 Å². The smallest absolute Gasteiger partial charge is 0.321 e. The van der Waals surface area contributed by atoms with Gasteiger partial charge >= 0.3 is 6.03 Å². The Morgan fingerprint density at radius 3 is 2.45 bits per heavy atom. The average Bonchev–Trinajstić information content (AvgIpc) is 2.55. The number of ether oxygens (including phenoxy) is 3. The summed E-state index contributed by atoms with van der Waals surface area (Å²) in [5.41, 5.74) is 0.944. The van der Waals surface area contributed by atoms with Gasteiger partial charge in [0.15, 0.2) is 0 Å². The fourth-order valence-electron chi connectivity index (χ4n) is 1.76. The van der Waals surface area contributed by atoms with Gasteiger partial charge in [-0.2, -0.15) is 0 Å². The quantitative estimate of drug-likeness (QED) is 0.758. The first-order valence-corrected chi connectivity index (χ1v) is 7.05. The van der Waals surface area contributed by atoms with Crippen LogP contribution < -0.4 is 10.1 Å². The van der Waals surface area contributed by atoms with Gasteiger partial charge in [0.25, 0.3) is 0 Å². The predicted octanol–water partition coefficient (Wildman–Crippen LogP) is 1.97. The van der Waals surface area contributed by atoms with E-state index in [4.69, 9.17) is 14.2 Å². The van der Waals surface area contributed by atoms with E-state index in [1.165, 1.54) is 0 Å². The van der Waals surface area contributed by atoms with Gasteiger partial charge in [-0.25, -0.2) is 4.79 Å². The largest absolute Gasteiger partial charge is 0.497 e. The molecule has 0 saturated heterocycles. The maximum Gasteiger partial charge on any atom is 0.321 e. The zero-order valence-corrected chi connectivity index (χ0v) is 13.4. The molecule has 0 aliphatic carbocycles. The van der Waals surface area contributed by atoms with Gasteiger partial charge in [-0.15, -0.1) is 0 Å². The number of hydrogen-bond donors (Lipinski definition) is 1. The maximum atomic E-state index is 12.1. The van der Waals surface area contributed by atoms with Gasteiger partial charge in [0.1, 0.15) is 5.75 Å². The summed E-state index contributed by atoms with van der Waals surface area (Å²) in [6.07, 6.45) is 3.43. The van der Waals surface area contributed by atoms with Crippen molar-refractivity contribution in [3.05, 3.63) is 36.0 Å². The Morgan fingerprint density at radius 2 is 1.86 bits per heavy atom. The van der Waals surface area contributed by atoms with E-state index in [2.05, 4.69) is 5.32 Å². The van der Waals surface area contributed by atoms with Crippen molar-refractivity contribution in [1.29, 1.82) is 0 Å². The van der Waals surface area contributed by atoms with Gasteiger partial charge in [0.05, 0.1) is 20.3 Å². The average molecular weight is 308 g/mol. The second kappa shape index (κ2) is 10.6. The lowest BCUT2D eigenvalue weighted by molar-refractivity contribution is 0.124. The van der Waals surface area contributed by atoms with E-state index in [1.54, 1.807) is 32.4 Å². The molecule has 0 aromatic heterocycles. The van der Waals surface area contributed by atoms with Crippen LogP contribution in [-0.4, -0.2) is 58.6 Å². The molecule has 0 bridgehead atoms. The summed E-state index contributed by atoms with van der Waals surface area (Å²) in [5, 5.41) is 2.74. The van der Waals surface area contributed by atoms with Crippen LogP contribution in [0.2, 0.25) is 0 Å². The molecule has 0 radical (unpaired) electrons. The lowest BCUT2D eigenvalue weighted by Gasteiger charge is -2.21. The van der Waals surface area contributed by atoms with Crippen LogP contribution in [0.15, 0.2) is 30.5 Å². The first-order valence-electron chi connectivity index (χ1n) is 7.05. The molecule has 1 N–H and O–H groups in total. The second-order valence-corrected chi connectivity index (χ2v) is 4.53. The third-order valence-electron chi connectivity index (χ3n) is 2.99. The topological polar surface area (TPSA) is 60.0 Å². The number of carbonyl (C=O) groups is 1. The van der Waals surface area contributed by atoms with Crippen molar-refractivity contribution in [1.82, 2.24) is 10.2 Å². The van der Waals surface area contributed by atoms with E-state index in [9.17, 15) is 4.79 Å². The number of rotatable bonds is 9. The molecule has 0 heterocycles. The summed E-state index contributed by atoms with van der Waals surface area (Å²) in [7, 11) is 4.83. The fraction of sp³-hybridized carbons (Fsp3) is 0.438. The monoisotopic (exact) mass is 308 g/mol. The zero-order chi connectivity index (χ0) is 16.2. The van der Waals surface area contributed by atoms with Crippen LogP contribution in [0.5, 0.6) is 5.75 Å². The van der Waals surface area contributed by atoms with Gasteiger partial charge in [-0.3, -0.25) is 0 Å². The number of hydrogen-bond acceptors (Lipinski definition) is 4. The molecule has 0 unspecified atom stereocenters. The molecule has 22 heavy (non-hydrogen) atoms. The van der Waals surface area contributed by atoms with Gasteiger partial charge in [-0.05, 0) is 23.8 Å². The molecule has 0 fully saturated rings. The zero-order valence-electron chi connectivity index (χ0n) is 13.4. The number of nitrogens with zero attached hydrogens (tertiary/aromatic N) is 1. The highest BCUT2D eigenvalue weighted by Crippen LogP contribution is 2.13. The normalized spacial score (nSPS) is 10.7. The summed E-state index contributed by atoms with van der Waals surface area (Å²) in [5.74, 6) is 0.773. The van der Waals surface area contributed by atoms with E-state index in [0.717, 1.165) is 11.3 Å². The molecule has 2 amide bonds. The summed E-state index contributed by atoms with van der Waals surface area (Å²) in [6.45, 7) is 1.99. The van der Waals surface area contributed by atoms with Crippen LogP contribution in [0.3, 0.4) is 0 Å². The number of urea groups is 1. The molecule has 6 nitrogen and oxygen atoms in total. The molecule has 0 saturated carbocycles. The standard InChI is InChI=1S/C16H24N2O4/c1-20-11-9-18(10-12-21-2)16(19)17-8-7-14-5-4-6-15(13-14)22-3/h4-8,13H,9-12H2,1-3H3,(H,17,19)/b8-7+. The Kier molecular flexibility index (Phi) is 8.71. The van der Waals surface area contributed by atoms with E-state index < -0.39 is 0 Å². The third kappa shape index (κ3) is 6.60. The second-order valence-electron chi connectivity index (χ2n) is 4.53. The minimum atomic E-state index is -0.187. The molecular weight excluding hydrogens is 284 g/mol. The van der Waals surface area contributed by atoms with Gasteiger partial charge in [-0.1, -0.05) is 12.1 Å². The van der Waals surface area contributed by atoms with Crippen LogP contribution in [0.1, 0.15) is 5.56 Å². The molecule has 122 valence electrons. The Balaban J connectivity index is 2.54. The van der Waals surface area contributed by atoms with Crippen LogP contribution in [-0.2, 0) is 9.47 Å². The molecule has 1 aromatic carbocycles. The van der Waals surface area contributed by atoms with Crippen LogP contribution in [0.4, 0.5) is 4.79 Å². The van der Waals surface area contributed by atoms with Crippen molar-refractivity contribution < 1.29 is 19.0 Å². The highest BCUT2D eigenvalue weighted by atomic mass is 16.5. The molecule has 6 heteroatoms. The molecule has 0 aliphatic heterocycles. The lowest BCUT2D eigenvalue weighted by Crippen LogP contribution is -2.41. The summed E-state index contributed by atoms with van der Waals surface area (Å²) in [6, 6.07) is 7.39. The highest BCUT2D eigenvalue weighted by Gasteiger charge is 2.10. The fourth-order valence-corrected chi connectivity index (χ4v) is 1.76. The Morgan fingerprint density at radius 1 is 1.18 bits per heavy atom. The van der Waals surface area contributed by atoms with Crippen LogP contribution in [0, 0.1) is 0 Å². The van der Waals surface area contributed by atoms with Crippen molar-refractivity contribution in [3.8, 4) is 5.75 Å². The van der Waals surface area contributed by atoms with Crippen molar-refractivity contribution >= 4 is 12.1 Å². The van der Waals surface area contributed by atoms with Gasteiger partial charge in [0.2, 0.25) is 0 Å². The SMILES string of the molecule is COCCN(CCOC)C(=O)N/C=C/c1cccc(OC)c1. The molecule has 0 spiro atoms. The van der Waals surface area contributed by atoms with Crippen molar-refractivity contribution in [3.63, 3.8) is 0 Å². The molecule has 0 aliphatic rings. The van der Waals surface area contributed by atoms with Crippen molar-refractivity contribution in [2.75, 3.05) is 47.6 Å². The Bertz CT molecular complexity index is 469. The van der Waals surface area contributed by atoms with E-state index in [-0.39, 0.29) is 6.03 Å². The number of methoxy groups -OCH3 is 3. The van der Waals surface area contributed by atoms with E-state index >= 15 is 0 Å². The van der Waals surface area contributed by atoms with E-state index in [1.807, 2.05) is 30.3 Å². The molecule has 1 aromatic rings. The predicted molar refractivity (Wildman–Crippen MR) is 85.9 cm³/mol. The van der Waals surface area contributed by atoms with Gasteiger partial charge < -0.3 is 24.4 Å². The highest BCUT2D eigenvalue weighted by molar-refractivity contribution is 5.76. The maximum absolute atomic E-state index is 12.1. The minimum absolute atomic E-state index is 0.187. The Hall–Kier alpha value is -2.05. The third-order valence-corrected chi connectivity index (χ3v) is 2.99. The molecular formula is C16H24N2O4. The van der Waals surface area contributed by atoms with Crippen molar-refractivity contribution in [2.45, 2.75) is 0 Å². The molecule has 0 atom stereocenters. The first-order chi connectivity index (χ1) is 10.7. The summed E-state index contributed by atoms with van der Waals surface area (Å²) >= 11 is 0. The van der Waals surface area contributed by atoms with Gasteiger partial charge in [0, 0.05) is 33.5 Å². The summed E-state index contributed by atoms with van der Waals surface area (Å²) < 4.78 is 15.2. The van der Waals surface area contributed by atoms with Crippen LogP contribution in [0.25, 0.3) is 6.08 Å². The van der Waals surface area contributed by atoms with E-state index in [0.29, 0.717) is 26.3 Å². The first kappa shape index (κ1) is 18.0. The van der Waals surface area contributed by atoms with Crippen molar-refractivity contribution in [2.24, 2.45) is 0 Å². The minimum Gasteiger partial charge on any atom is -0.497 e. The number of benzene rings is 1. The lowest BCUT2D eigenvalue weighted by atomic mass is 10.2. The number of amides is 2. The number of carbonyl (C=O) groups excluding carboxylic acids is 1. The Labute approximate surface area is 131 Å².